The minimum atomic E-state index is -0.392. The van der Waals surface area contributed by atoms with Gasteiger partial charge in [0.25, 0.3) is 11.6 Å². The number of anilines is 1. The van der Waals surface area contributed by atoms with Gasteiger partial charge in [-0.1, -0.05) is 56.6 Å². The molecule has 188 valence electrons. The Bertz CT molecular complexity index is 1250. The van der Waals surface area contributed by atoms with Crippen molar-refractivity contribution in [3.63, 3.8) is 0 Å². The van der Waals surface area contributed by atoms with E-state index in [0.717, 1.165) is 34.9 Å². The Morgan fingerprint density at radius 1 is 1.06 bits per heavy atom. The smallest absolute Gasteiger partial charge is 0.269 e. The fourth-order valence-corrected chi connectivity index (χ4v) is 4.61. The van der Waals surface area contributed by atoms with Crippen molar-refractivity contribution >= 4 is 29.0 Å². The van der Waals surface area contributed by atoms with Crippen LogP contribution < -0.4 is 4.90 Å². The number of piperazine rings is 1. The molecule has 1 aliphatic rings. The number of nitro benzene ring substituents is 1. The zero-order chi connectivity index (χ0) is 25.8. The average Bonchev–Trinajstić information content (AvgIpc) is 2.89. The number of amides is 1. The fourth-order valence-electron chi connectivity index (χ4n) is 4.40. The van der Waals surface area contributed by atoms with E-state index in [1.807, 2.05) is 17.0 Å². The highest BCUT2D eigenvalue weighted by Crippen LogP contribution is 2.29. The van der Waals surface area contributed by atoms with Crippen LogP contribution in [-0.2, 0) is 12.8 Å². The van der Waals surface area contributed by atoms with Crippen LogP contribution in [-0.4, -0.2) is 51.9 Å². The summed E-state index contributed by atoms with van der Waals surface area (Å²) in [5.74, 6) is 1.79. The van der Waals surface area contributed by atoms with Gasteiger partial charge in [-0.2, -0.15) is 0 Å². The maximum atomic E-state index is 13.0. The number of halogens is 1. The Morgan fingerprint density at radius 3 is 2.31 bits per heavy atom. The van der Waals surface area contributed by atoms with Gasteiger partial charge in [-0.25, -0.2) is 9.97 Å². The number of rotatable bonds is 7. The summed E-state index contributed by atoms with van der Waals surface area (Å²) in [6.45, 7) is 8.63. The Kier molecular flexibility index (Phi) is 7.84. The van der Waals surface area contributed by atoms with Crippen LogP contribution in [0.2, 0.25) is 5.02 Å². The van der Waals surface area contributed by atoms with Gasteiger partial charge < -0.3 is 9.80 Å². The molecule has 0 atom stereocenters. The second-order valence-corrected chi connectivity index (χ2v) is 9.61. The van der Waals surface area contributed by atoms with Gasteiger partial charge in [0.05, 0.1) is 15.5 Å². The predicted octanol–water partition coefficient (Wildman–Crippen LogP) is 5.28. The number of carbonyl (C=O) groups excluding carboxylic acids is 1. The first-order valence-electron chi connectivity index (χ1n) is 12.2. The Balaban J connectivity index is 1.61. The lowest BCUT2D eigenvalue weighted by molar-refractivity contribution is -0.384. The zero-order valence-electron chi connectivity index (χ0n) is 20.8. The maximum Gasteiger partial charge on any atom is 0.269 e. The zero-order valence-corrected chi connectivity index (χ0v) is 21.5. The second kappa shape index (κ2) is 11.0. The molecule has 0 N–H and O–H groups in total. The van der Waals surface area contributed by atoms with Gasteiger partial charge in [-0.15, -0.1) is 0 Å². The van der Waals surface area contributed by atoms with E-state index >= 15 is 0 Å². The molecular formula is C27H30ClN5O3. The maximum absolute atomic E-state index is 13.0. The number of benzene rings is 2. The highest BCUT2D eigenvalue weighted by atomic mass is 35.5. The molecule has 1 amide bonds. The van der Waals surface area contributed by atoms with Crippen molar-refractivity contribution in [2.24, 2.45) is 0 Å². The van der Waals surface area contributed by atoms with Crippen LogP contribution in [0.4, 0.5) is 11.5 Å². The van der Waals surface area contributed by atoms with E-state index in [9.17, 15) is 14.9 Å². The highest BCUT2D eigenvalue weighted by Gasteiger charge is 2.27. The van der Waals surface area contributed by atoms with E-state index in [1.54, 1.807) is 24.3 Å². The SMILES string of the molecule is CCc1nc(C(C)C)nc(N2CCN(C(=O)c3ccccc3Cl)CC2)c1Cc1ccc([N+](=O)[O-])cc1. The molecule has 1 fully saturated rings. The van der Waals surface area contributed by atoms with E-state index in [2.05, 4.69) is 25.7 Å². The number of aryl methyl sites for hydroxylation is 1. The molecule has 0 radical (unpaired) electrons. The summed E-state index contributed by atoms with van der Waals surface area (Å²) in [7, 11) is 0. The molecule has 1 aliphatic heterocycles. The van der Waals surface area contributed by atoms with Crippen molar-refractivity contribution in [1.29, 1.82) is 0 Å². The van der Waals surface area contributed by atoms with Gasteiger partial charge >= 0.3 is 0 Å². The molecular weight excluding hydrogens is 478 g/mol. The van der Waals surface area contributed by atoms with Crippen molar-refractivity contribution < 1.29 is 9.72 Å². The summed E-state index contributed by atoms with van der Waals surface area (Å²) < 4.78 is 0. The Morgan fingerprint density at radius 2 is 1.72 bits per heavy atom. The van der Waals surface area contributed by atoms with Crippen LogP contribution in [0.25, 0.3) is 0 Å². The van der Waals surface area contributed by atoms with E-state index in [1.165, 1.54) is 12.1 Å². The van der Waals surface area contributed by atoms with Gasteiger partial charge in [0, 0.05) is 61.9 Å². The van der Waals surface area contributed by atoms with Gasteiger partial charge in [0.2, 0.25) is 0 Å². The number of hydrogen-bond acceptors (Lipinski definition) is 6. The summed E-state index contributed by atoms with van der Waals surface area (Å²) in [6, 6.07) is 13.8. The predicted molar refractivity (Wildman–Crippen MR) is 141 cm³/mol. The Hall–Kier alpha value is -3.52. The van der Waals surface area contributed by atoms with E-state index in [4.69, 9.17) is 21.6 Å². The van der Waals surface area contributed by atoms with Crippen LogP contribution in [0.1, 0.15) is 59.7 Å². The minimum Gasteiger partial charge on any atom is -0.353 e. The van der Waals surface area contributed by atoms with Crippen LogP contribution in [0, 0.1) is 10.1 Å². The molecule has 4 rings (SSSR count). The van der Waals surface area contributed by atoms with Crippen molar-refractivity contribution in [3.05, 3.63) is 91.9 Å². The average molecular weight is 508 g/mol. The molecule has 0 spiro atoms. The van der Waals surface area contributed by atoms with E-state index in [0.29, 0.717) is 43.2 Å². The third-order valence-corrected chi connectivity index (χ3v) is 6.77. The molecule has 1 aromatic heterocycles. The van der Waals surface area contributed by atoms with Crippen molar-refractivity contribution in [2.75, 3.05) is 31.1 Å². The molecule has 8 nitrogen and oxygen atoms in total. The van der Waals surface area contributed by atoms with Crippen molar-refractivity contribution in [3.8, 4) is 0 Å². The minimum absolute atomic E-state index is 0.0637. The summed E-state index contributed by atoms with van der Waals surface area (Å²) >= 11 is 6.26. The van der Waals surface area contributed by atoms with Gasteiger partial charge in [-0.3, -0.25) is 14.9 Å². The number of nitrogens with zero attached hydrogens (tertiary/aromatic N) is 5. The number of nitro groups is 1. The Labute approximate surface area is 216 Å². The van der Waals surface area contributed by atoms with Crippen LogP contribution >= 0.6 is 11.6 Å². The van der Waals surface area contributed by atoms with E-state index < -0.39 is 4.92 Å². The molecule has 36 heavy (non-hydrogen) atoms. The standard InChI is InChI=1S/C27H30ClN5O3/c1-4-24-22(17-19-9-11-20(12-10-19)33(35)36)26(30-25(29-24)18(2)3)31-13-15-32(16-14-31)27(34)21-7-5-6-8-23(21)28/h5-12,18H,4,13-17H2,1-3H3. The molecule has 0 aliphatic carbocycles. The van der Waals surface area contributed by atoms with Crippen molar-refractivity contribution in [1.82, 2.24) is 14.9 Å². The highest BCUT2D eigenvalue weighted by molar-refractivity contribution is 6.33. The molecule has 9 heteroatoms. The lowest BCUT2D eigenvalue weighted by Crippen LogP contribution is -2.49. The van der Waals surface area contributed by atoms with Crippen LogP contribution in [0.15, 0.2) is 48.5 Å². The van der Waals surface area contributed by atoms with Crippen molar-refractivity contribution in [2.45, 2.75) is 39.5 Å². The number of hydrogen-bond donors (Lipinski definition) is 0. The molecule has 0 unspecified atom stereocenters. The largest absolute Gasteiger partial charge is 0.353 e. The quantitative estimate of drug-likeness (QED) is 0.319. The third kappa shape index (κ3) is 5.49. The lowest BCUT2D eigenvalue weighted by atomic mass is 10.0. The monoisotopic (exact) mass is 507 g/mol. The van der Waals surface area contributed by atoms with Gasteiger partial charge in [0.15, 0.2) is 0 Å². The number of carbonyl (C=O) groups is 1. The summed E-state index contributed by atoms with van der Waals surface area (Å²) in [6.07, 6.45) is 1.33. The van der Waals surface area contributed by atoms with Gasteiger partial charge in [-0.05, 0) is 24.1 Å². The topological polar surface area (TPSA) is 92.5 Å². The first kappa shape index (κ1) is 25.6. The summed E-state index contributed by atoms with van der Waals surface area (Å²) in [5, 5.41) is 11.5. The first-order chi connectivity index (χ1) is 17.3. The summed E-state index contributed by atoms with van der Waals surface area (Å²) in [4.78, 5) is 37.6. The normalized spacial score (nSPS) is 13.8. The van der Waals surface area contributed by atoms with Crippen LogP contribution in [0.5, 0.6) is 0 Å². The van der Waals surface area contributed by atoms with Crippen LogP contribution in [0.3, 0.4) is 0 Å². The molecule has 1 saturated heterocycles. The third-order valence-electron chi connectivity index (χ3n) is 6.44. The lowest BCUT2D eigenvalue weighted by Gasteiger charge is -2.37. The number of aromatic nitrogens is 2. The van der Waals surface area contributed by atoms with Gasteiger partial charge in [0.1, 0.15) is 11.6 Å². The molecule has 2 aromatic carbocycles. The first-order valence-corrected chi connectivity index (χ1v) is 12.6. The van der Waals surface area contributed by atoms with E-state index in [-0.39, 0.29) is 17.5 Å². The second-order valence-electron chi connectivity index (χ2n) is 9.20. The summed E-state index contributed by atoms with van der Waals surface area (Å²) in [5.41, 5.74) is 3.56. The molecule has 3 aromatic rings. The molecule has 2 heterocycles. The molecule has 0 saturated carbocycles. The fraction of sp³-hybridized carbons (Fsp3) is 0.370. The molecule has 0 bridgehead atoms. The number of non-ortho nitro benzene ring substituents is 1.